The van der Waals surface area contributed by atoms with Crippen LogP contribution in [0.2, 0.25) is 0 Å². The molecular weight excluding hydrogens is 416 g/mol. The van der Waals surface area contributed by atoms with Crippen molar-refractivity contribution >= 4 is 21.7 Å². The average molecular weight is 435 g/mol. The number of aromatic nitrogens is 2. The van der Waals surface area contributed by atoms with Crippen molar-refractivity contribution in [3.05, 3.63) is 77.0 Å². The first-order valence-electron chi connectivity index (χ1n) is 8.78. The van der Waals surface area contributed by atoms with Gasteiger partial charge in [-0.3, -0.25) is 8.99 Å². The van der Waals surface area contributed by atoms with Crippen LogP contribution < -0.4 is 4.31 Å². The Morgan fingerprint density at radius 3 is 2.30 bits per heavy atom. The van der Waals surface area contributed by atoms with E-state index in [1.165, 1.54) is 13.2 Å². The lowest BCUT2D eigenvalue weighted by Crippen LogP contribution is -2.28. The smallest absolute Gasteiger partial charge is 0.342 e. The largest absolute Gasteiger partial charge is 0.465 e. The van der Waals surface area contributed by atoms with Crippen molar-refractivity contribution < 1.29 is 26.7 Å². The van der Waals surface area contributed by atoms with E-state index in [-0.39, 0.29) is 17.7 Å². The van der Waals surface area contributed by atoms with Gasteiger partial charge in [0.25, 0.3) is 10.0 Å². The number of sulfonamides is 1. The SMILES string of the molecule is COC(=O)c1cn(Cc2cc(F)cc(F)c2)nc1S(=O)(=O)N(C)c1ccc(C)cc1. The summed E-state index contributed by atoms with van der Waals surface area (Å²) in [6.07, 6.45) is 1.17. The first-order valence-corrected chi connectivity index (χ1v) is 10.2. The van der Waals surface area contributed by atoms with Gasteiger partial charge in [-0.15, -0.1) is 0 Å². The number of halogens is 2. The van der Waals surface area contributed by atoms with Crippen molar-refractivity contribution in [1.82, 2.24) is 9.78 Å². The molecule has 0 aliphatic rings. The number of rotatable bonds is 6. The Balaban J connectivity index is 2.04. The molecule has 0 spiro atoms. The third kappa shape index (κ3) is 4.33. The Bertz CT molecular complexity index is 1170. The van der Waals surface area contributed by atoms with Gasteiger partial charge in [0.2, 0.25) is 5.03 Å². The van der Waals surface area contributed by atoms with Gasteiger partial charge < -0.3 is 4.74 Å². The number of hydrogen-bond donors (Lipinski definition) is 0. The lowest BCUT2D eigenvalue weighted by atomic mass is 10.2. The summed E-state index contributed by atoms with van der Waals surface area (Å²) >= 11 is 0. The molecule has 0 radical (unpaired) electrons. The molecule has 158 valence electrons. The molecule has 30 heavy (non-hydrogen) atoms. The normalized spacial score (nSPS) is 11.4. The minimum absolute atomic E-state index is 0.150. The third-order valence-corrected chi connectivity index (χ3v) is 6.12. The summed E-state index contributed by atoms with van der Waals surface area (Å²) in [6.45, 7) is 1.72. The highest BCUT2D eigenvalue weighted by atomic mass is 32.2. The second kappa shape index (κ2) is 8.23. The van der Waals surface area contributed by atoms with Crippen LogP contribution in [0.4, 0.5) is 14.5 Å². The van der Waals surface area contributed by atoms with Crippen molar-refractivity contribution in [2.75, 3.05) is 18.5 Å². The van der Waals surface area contributed by atoms with Crippen LogP contribution in [0.15, 0.2) is 53.7 Å². The van der Waals surface area contributed by atoms with Crippen LogP contribution in [-0.2, 0) is 21.3 Å². The van der Waals surface area contributed by atoms with E-state index in [9.17, 15) is 22.0 Å². The van der Waals surface area contributed by atoms with Gasteiger partial charge in [-0.25, -0.2) is 13.6 Å². The van der Waals surface area contributed by atoms with Gasteiger partial charge in [-0.2, -0.15) is 13.5 Å². The van der Waals surface area contributed by atoms with Crippen LogP contribution in [0.25, 0.3) is 0 Å². The van der Waals surface area contributed by atoms with Crippen LogP contribution in [0.3, 0.4) is 0 Å². The molecule has 0 bridgehead atoms. The van der Waals surface area contributed by atoms with E-state index in [0.29, 0.717) is 5.69 Å². The molecule has 0 unspecified atom stereocenters. The first-order chi connectivity index (χ1) is 14.1. The number of aryl methyl sites for hydroxylation is 1. The van der Waals surface area contributed by atoms with Crippen LogP contribution in [0, 0.1) is 18.6 Å². The molecule has 10 heteroatoms. The second-order valence-corrected chi connectivity index (χ2v) is 8.51. The summed E-state index contributed by atoms with van der Waals surface area (Å²) in [7, 11) is -1.78. The van der Waals surface area contributed by atoms with Crippen molar-refractivity contribution in [3.63, 3.8) is 0 Å². The number of carbonyl (C=O) groups excluding carboxylic acids is 1. The summed E-state index contributed by atoms with van der Waals surface area (Å²) in [6, 6.07) is 9.65. The number of carbonyl (C=O) groups is 1. The maximum absolute atomic E-state index is 13.5. The van der Waals surface area contributed by atoms with Gasteiger partial charge in [0.05, 0.1) is 19.3 Å². The zero-order valence-corrected chi connectivity index (χ0v) is 17.3. The predicted octanol–water partition coefficient (Wildman–Crippen LogP) is 3.13. The van der Waals surface area contributed by atoms with Crippen LogP contribution in [0.1, 0.15) is 21.5 Å². The maximum atomic E-state index is 13.5. The third-order valence-electron chi connectivity index (χ3n) is 4.40. The Morgan fingerprint density at radius 1 is 1.13 bits per heavy atom. The molecule has 7 nitrogen and oxygen atoms in total. The van der Waals surface area contributed by atoms with Gasteiger partial charge in [-0.1, -0.05) is 17.7 Å². The fourth-order valence-electron chi connectivity index (χ4n) is 2.84. The zero-order valence-electron chi connectivity index (χ0n) is 16.5. The summed E-state index contributed by atoms with van der Waals surface area (Å²) in [5.74, 6) is -2.46. The molecular formula is C20H19F2N3O4S. The highest BCUT2D eigenvalue weighted by Crippen LogP contribution is 2.25. The standard InChI is InChI=1S/C20H19F2N3O4S/c1-13-4-6-17(7-5-13)24(2)30(27,28)19-18(20(26)29-3)12-25(23-19)11-14-8-15(21)10-16(22)9-14/h4-10,12H,11H2,1-3H3. The van der Waals surface area contributed by atoms with Crippen molar-refractivity contribution in [2.24, 2.45) is 0 Å². The Labute approximate surface area is 172 Å². The fourth-order valence-corrected chi connectivity index (χ4v) is 4.12. The Hall–Kier alpha value is -3.27. The predicted molar refractivity (Wildman–Crippen MR) is 106 cm³/mol. The minimum Gasteiger partial charge on any atom is -0.465 e. The molecule has 0 saturated carbocycles. The highest BCUT2D eigenvalue weighted by molar-refractivity contribution is 7.92. The number of benzene rings is 2. The number of nitrogens with zero attached hydrogens (tertiary/aromatic N) is 3. The summed E-state index contributed by atoms with van der Waals surface area (Å²) < 4.78 is 60.0. The minimum atomic E-state index is -4.23. The number of methoxy groups -OCH3 is 1. The Morgan fingerprint density at radius 2 is 1.73 bits per heavy atom. The molecule has 1 aromatic heterocycles. The van der Waals surface area contributed by atoms with E-state index in [2.05, 4.69) is 9.84 Å². The maximum Gasteiger partial charge on any atom is 0.342 e. The molecule has 0 saturated heterocycles. The molecule has 0 fully saturated rings. The summed E-state index contributed by atoms with van der Waals surface area (Å²) in [4.78, 5) is 12.2. The molecule has 3 aromatic rings. The molecule has 0 N–H and O–H groups in total. The van der Waals surface area contributed by atoms with E-state index < -0.39 is 32.7 Å². The lowest BCUT2D eigenvalue weighted by molar-refractivity contribution is 0.0596. The van der Waals surface area contributed by atoms with Crippen LogP contribution >= 0.6 is 0 Å². The second-order valence-electron chi connectivity index (χ2n) is 6.62. The number of hydrogen-bond acceptors (Lipinski definition) is 5. The molecule has 1 heterocycles. The van der Waals surface area contributed by atoms with Crippen LogP contribution in [-0.4, -0.2) is 38.3 Å². The first kappa shape index (κ1) is 21.4. The Kier molecular flexibility index (Phi) is 5.88. The van der Waals surface area contributed by atoms with Gasteiger partial charge in [0.1, 0.15) is 17.2 Å². The highest BCUT2D eigenvalue weighted by Gasteiger charge is 2.31. The monoisotopic (exact) mass is 435 g/mol. The van der Waals surface area contributed by atoms with E-state index in [4.69, 9.17) is 0 Å². The van der Waals surface area contributed by atoms with E-state index in [1.807, 2.05) is 6.92 Å². The average Bonchev–Trinajstić information content (AvgIpc) is 3.11. The number of ether oxygens (including phenoxy) is 1. The number of anilines is 1. The van der Waals surface area contributed by atoms with Gasteiger partial charge >= 0.3 is 5.97 Å². The van der Waals surface area contributed by atoms with Crippen molar-refractivity contribution in [1.29, 1.82) is 0 Å². The molecule has 0 atom stereocenters. The van der Waals surface area contributed by atoms with E-state index in [0.717, 1.165) is 39.9 Å². The molecule has 3 rings (SSSR count). The van der Waals surface area contributed by atoms with E-state index in [1.54, 1.807) is 24.3 Å². The quantitative estimate of drug-likeness (QED) is 0.556. The van der Waals surface area contributed by atoms with Gasteiger partial charge in [-0.05, 0) is 36.8 Å². The lowest BCUT2D eigenvalue weighted by Gasteiger charge is -2.18. The summed E-state index contributed by atoms with van der Waals surface area (Å²) in [5.41, 5.74) is 1.25. The van der Waals surface area contributed by atoms with Crippen molar-refractivity contribution in [2.45, 2.75) is 18.5 Å². The number of esters is 1. The topological polar surface area (TPSA) is 81.5 Å². The summed E-state index contributed by atoms with van der Waals surface area (Å²) in [5, 5.41) is 3.49. The molecule has 0 aliphatic heterocycles. The molecule has 0 aliphatic carbocycles. The zero-order chi connectivity index (χ0) is 22.1. The van der Waals surface area contributed by atoms with Crippen molar-refractivity contribution in [3.8, 4) is 0 Å². The van der Waals surface area contributed by atoms with Crippen LogP contribution in [0.5, 0.6) is 0 Å². The fraction of sp³-hybridized carbons (Fsp3) is 0.200. The van der Waals surface area contributed by atoms with Gasteiger partial charge in [0.15, 0.2) is 0 Å². The van der Waals surface area contributed by atoms with E-state index >= 15 is 0 Å². The molecule has 2 aromatic carbocycles. The van der Waals surface area contributed by atoms with Gasteiger partial charge in [0, 0.05) is 19.3 Å². The molecule has 0 amide bonds.